The molecule has 0 radical (unpaired) electrons. The van der Waals surface area contributed by atoms with Gasteiger partial charge < -0.3 is 30.8 Å². The van der Waals surface area contributed by atoms with Gasteiger partial charge in [-0.3, -0.25) is 0 Å². The van der Waals surface area contributed by atoms with Crippen molar-refractivity contribution in [3.05, 3.63) is 0 Å². The van der Waals surface area contributed by atoms with Crippen molar-refractivity contribution in [3.8, 4) is 0 Å². The van der Waals surface area contributed by atoms with E-state index in [4.69, 9.17) is 10.2 Å². The SMILES string of the molecule is CC(O)CCC(O)CC[C@H]1N[C@H](CO)[C@@H](O)[C@@H]1O. The Bertz CT molecular complexity index is 239. The highest BCUT2D eigenvalue weighted by molar-refractivity contribution is 4.97. The summed E-state index contributed by atoms with van der Waals surface area (Å²) in [5.74, 6) is 0. The van der Waals surface area contributed by atoms with Gasteiger partial charge in [-0.1, -0.05) is 0 Å². The number of hydrogen-bond acceptors (Lipinski definition) is 6. The highest BCUT2D eigenvalue weighted by Gasteiger charge is 2.40. The van der Waals surface area contributed by atoms with Crippen LogP contribution in [0.15, 0.2) is 0 Å². The molecule has 1 aliphatic heterocycles. The first-order valence-electron chi connectivity index (χ1n) is 6.54. The molecule has 1 rings (SSSR count). The van der Waals surface area contributed by atoms with Crippen LogP contribution < -0.4 is 5.32 Å². The van der Waals surface area contributed by atoms with E-state index >= 15 is 0 Å². The summed E-state index contributed by atoms with van der Waals surface area (Å²) in [6.45, 7) is 1.45. The molecule has 1 aliphatic rings. The largest absolute Gasteiger partial charge is 0.395 e. The van der Waals surface area contributed by atoms with E-state index < -0.39 is 30.5 Å². The highest BCUT2D eigenvalue weighted by atomic mass is 16.3. The third-order valence-corrected chi connectivity index (χ3v) is 3.53. The zero-order chi connectivity index (χ0) is 13.7. The molecule has 18 heavy (non-hydrogen) atoms. The predicted molar refractivity (Wildman–Crippen MR) is 66.0 cm³/mol. The van der Waals surface area contributed by atoms with Gasteiger partial charge in [0.25, 0.3) is 0 Å². The Balaban J connectivity index is 2.27. The van der Waals surface area contributed by atoms with Gasteiger partial charge in [0.05, 0.1) is 37.1 Å². The lowest BCUT2D eigenvalue weighted by Crippen LogP contribution is -2.36. The van der Waals surface area contributed by atoms with Crippen LogP contribution in [0.5, 0.6) is 0 Å². The standard InChI is InChI=1S/C12H25NO5/c1-7(15)2-3-8(16)4-5-9-11(17)12(18)10(6-14)13-9/h7-18H,2-6H2,1H3/t7?,8?,9-,10-,11-,12-/m1/s1. The van der Waals surface area contributed by atoms with Crippen LogP contribution in [0.3, 0.4) is 0 Å². The summed E-state index contributed by atoms with van der Waals surface area (Å²) >= 11 is 0. The summed E-state index contributed by atoms with van der Waals surface area (Å²) in [7, 11) is 0. The Kier molecular flexibility index (Phi) is 6.48. The Labute approximate surface area is 107 Å². The molecule has 6 N–H and O–H groups in total. The van der Waals surface area contributed by atoms with Gasteiger partial charge in [0, 0.05) is 6.04 Å². The van der Waals surface area contributed by atoms with Gasteiger partial charge in [-0.05, 0) is 32.6 Å². The molecule has 1 heterocycles. The van der Waals surface area contributed by atoms with Crippen LogP contribution in [-0.2, 0) is 0 Å². The lowest BCUT2D eigenvalue weighted by atomic mass is 10.00. The second-order valence-electron chi connectivity index (χ2n) is 5.20. The van der Waals surface area contributed by atoms with E-state index in [9.17, 15) is 15.3 Å². The molecule has 1 saturated heterocycles. The van der Waals surface area contributed by atoms with E-state index in [1.807, 2.05) is 0 Å². The molecule has 1 fully saturated rings. The van der Waals surface area contributed by atoms with Gasteiger partial charge in [-0.2, -0.15) is 0 Å². The summed E-state index contributed by atoms with van der Waals surface area (Å²) in [5.41, 5.74) is 0. The van der Waals surface area contributed by atoms with E-state index in [2.05, 4.69) is 5.32 Å². The molecule has 0 aromatic carbocycles. The van der Waals surface area contributed by atoms with E-state index in [-0.39, 0.29) is 12.6 Å². The molecule has 0 aromatic heterocycles. The fourth-order valence-electron chi connectivity index (χ4n) is 2.31. The first-order chi connectivity index (χ1) is 8.45. The molecular formula is C12H25NO5. The first kappa shape index (κ1) is 15.8. The van der Waals surface area contributed by atoms with E-state index in [0.29, 0.717) is 25.7 Å². The van der Waals surface area contributed by atoms with Gasteiger partial charge in [-0.15, -0.1) is 0 Å². The van der Waals surface area contributed by atoms with Gasteiger partial charge in [0.15, 0.2) is 0 Å². The molecule has 0 aromatic rings. The van der Waals surface area contributed by atoms with Crippen LogP contribution in [0.25, 0.3) is 0 Å². The topological polar surface area (TPSA) is 113 Å². The molecule has 0 amide bonds. The van der Waals surface area contributed by atoms with Gasteiger partial charge >= 0.3 is 0 Å². The van der Waals surface area contributed by atoms with Crippen molar-refractivity contribution in [3.63, 3.8) is 0 Å². The van der Waals surface area contributed by atoms with Crippen LogP contribution in [0.1, 0.15) is 32.6 Å². The molecule has 0 spiro atoms. The molecule has 6 atom stereocenters. The normalized spacial score (nSPS) is 35.7. The highest BCUT2D eigenvalue weighted by Crippen LogP contribution is 2.19. The second-order valence-corrected chi connectivity index (χ2v) is 5.20. The predicted octanol–water partition coefficient (Wildman–Crippen LogP) is -1.66. The van der Waals surface area contributed by atoms with Gasteiger partial charge in [0.1, 0.15) is 0 Å². The number of nitrogens with one attached hydrogen (secondary N) is 1. The smallest absolute Gasteiger partial charge is 0.0989 e. The van der Waals surface area contributed by atoms with Crippen LogP contribution in [-0.4, -0.2) is 68.6 Å². The molecule has 2 unspecified atom stereocenters. The van der Waals surface area contributed by atoms with Crippen molar-refractivity contribution in [2.45, 2.75) is 69.1 Å². The van der Waals surface area contributed by atoms with Gasteiger partial charge in [0.2, 0.25) is 0 Å². The summed E-state index contributed by atoms with van der Waals surface area (Å²) in [6.07, 6.45) is -0.729. The zero-order valence-electron chi connectivity index (χ0n) is 10.7. The Morgan fingerprint density at radius 1 is 1.00 bits per heavy atom. The maximum atomic E-state index is 9.74. The van der Waals surface area contributed by atoms with E-state index in [1.165, 1.54) is 0 Å². The average molecular weight is 263 g/mol. The first-order valence-corrected chi connectivity index (χ1v) is 6.54. The van der Waals surface area contributed by atoms with Crippen molar-refractivity contribution >= 4 is 0 Å². The minimum atomic E-state index is -0.963. The summed E-state index contributed by atoms with van der Waals surface area (Å²) in [5, 5.41) is 50.1. The minimum Gasteiger partial charge on any atom is -0.395 e. The lowest BCUT2D eigenvalue weighted by molar-refractivity contribution is 0.0167. The lowest BCUT2D eigenvalue weighted by Gasteiger charge is -2.18. The zero-order valence-corrected chi connectivity index (χ0v) is 10.7. The molecule has 6 nitrogen and oxygen atoms in total. The van der Waals surface area contributed by atoms with Crippen molar-refractivity contribution in [1.82, 2.24) is 5.32 Å². The molecular weight excluding hydrogens is 238 g/mol. The number of aliphatic hydroxyl groups is 5. The molecule has 108 valence electrons. The molecule has 0 bridgehead atoms. The number of hydrogen-bond donors (Lipinski definition) is 6. The average Bonchev–Trinajstić information content (AvgIpc) is 2.61. The van der Waals surface area contributed by atoms with Crippen LogP contribution >= 0.6 is 0 Å². The fourth-order valence-corrected chi connectivity index (χ4v) is 2.31. The monoisotopic (exact) mass is 263 g/mol. The summed E-state index contributed by atoms with van der Waals surface area (Å²) in [4.78, 5) is 0. The third-order valence-electron chi connectivity index (χ3n) is 3.53. The summed E-state index contributed by atoms with van der Waals surface area (Å²) in [6, 6.07) is -0.807. The van der Waals surface area contributed by atoms with E-state index in [0.717, 1.165) is 0 Å². The Morgan fingerprint density at radius 3 is 2.11 bits per heavy atom. The van der Waals surface area contributed by atoms with Gasteiger partial charge in [-0.25, -0.2) is 0 Å². The molecule has 0 aliphatic carbocycles. The van der Waals surface area contributed by atoms with E-state index in [1.54, 1.807) is 6.92 Å². The fraction of sp³-hybridized carbons (Fsp3) is 1.00. The number of rotatable bonds is 7. The van der Waals surface area contributed by atoms with Crippen LogP contribution in [0.4, 0.5) is 0 Å². The quantitative estimate of drug-likeness (QED) is 0.328. The van der Waals surface area contributed by atoms with Crippen LogP contribution in [0, 0.1) is 0 Å². The molecule has 6 heteroatoms. The van der Waals surface area contributed by atoms with Crippen LogP contribution in [0.2, 0.25) is 0 Å². The number of aliphatic hydroxyl groups excluding tert-OH is 5. The third kappa shape index (κ3) is 4.46. The van der Waals surface area contributed by atoms with Crippen molar-refractivity contribution in [2.75, 3.05) is 6.61 Å². The maximum Gasteiger partial charge on any atom is 0.0989 e. The Morgan fingerprint density at radius 2 is 1.61 bits per heavy atom. The maximum absolute atomic E-state index is 9.74. The molecule has 0 saturated carbocycles. The second kappa shape index (κ2) is 7.37. The van der Waals surface area contributed by atoms with Crippen molar-refractivity contribution in [1.29, 1.82) is 0 Å². The van der Waals surface area contributed by atoms with Crippen molar-refractivity contribution in [2.24, 2.45) is 0 Å². The minimum absolute atomic E-state index is 0.223. The van der Waals surface area contributed by atoms with Crippen molar-refractivity contribution < 1.29 is 25.5 Å². The summed E-state index contributed by atoms with van der Waals surface area (Å²) < 4.78 is 0. The Hall–Kier alpha value is -0.240.